The lowest BCUT2D eigenvalue weighted by Crippen LogP contribution is -2.41. The molecule has 0 spiro atoms. The summed E-state index contributed by atoms with van der Waals surface area (Å²) in [6, 6.07) is 0.850. The molecule has 1 aromatic carbocycles. The molecule has 3 nitrogen and oxygen atoms in total. The van der Waals surface area contributed by atoms with Gasteiger partial charge in [0.05, 0.1) is 6.61 Å². The van der Waals surface area contributed by atoms with E-state index in [-0.39, 0.29) is 19.2 Å². The van der Waals surface area contributed by atoms with Crippen LogP contribution in [0, 0.1) is 17.5 Å². The van der Waals surface area contributed by atoms with E-state index in [1.807, 2.05) is 0 Å². The molecule has 0 bridgehead atoms. The van der Waals surface area contributed by atoms with Crippen molar-refractivity contribution in [2.75, 3.05) is 13.2 Å². The molecular formula is C14H16F3NO2. The number of benzene rings is 1. The van der Waals surface area contributed by atoms with Crippen molar-refractivity contribution in [2.45, 2.75) is 31.7 Å². The molecule has 0 aliphatic heterocycles. The Morgan fingerprint density at radius 3 is 2.25 bits per heavy atom. The van der Waals surface area contributed by atoms with Crippen LogP contribution in [0.5, 0.6) is 0 Å². The molecule has 2 rings (SSSR count). The van der Waals surface area contributed by atoms with Crippen LogP contribution in [0.2, 0.25) is 0 Å². The van der Waals surface area contributed by atoms with E-state index in [0.717, 1.165) is 25.7 Å². The van der Waals surface area contributed by atoms with E-state index in [2.05, 4.69) is 0 Å². The smallest absolute Gasteiger partial charge is 0.260 e. The van der Waals surface area contributed by atoms with Crippen molar-refractivity contribution in [1.82, 2.24) is 4.90 Å². The maximum atomic E-state index is 13.7. The van der Waals surface area contributed by atoms with Gasteiger partial charge in [0, 0.05) is 24.7 Å². The first kappa shape index (κ1) is 14.8. The first-order valence-corrected chi connectivity index (χ1v) is 6.61. The maximum absolute atomic E-state index is 13.7. The molecule has 1 aliphatic rings. The van der Waals surface area contributed by atoms with E-state index in [4.69, 9.17) is 5.11 Å². The monoisotopic (exact) mass is 287 g/mol. The van der Waals surface area contributed by atoms with Crippen LogP contribution >= 0.6 is 0 Å². The summed E-state index contributed by atoms with van der Waals surface area (Å²) in [6.45, 7) is -0.271. The van der Waals surface area contributed by atoms with Crippen molar-refractivity contribution in [3.05, 3.63) is 35.1 Å². The second kappa shape index (κ2) is 6.26. The van der Waals surface area contributed by atoms with Crippen LogP contribution in [0.3, 0.4) is 0 Å². The normalized spacial score (nSPS) is 15.6. The van der Waals surface area contributed by atoms with Gasteiger partial charge in [0.2, 0.25) is 0 Å². The highest BCUT2D eigenvalue weighted by molar-refractivity contribution is 5.95. The fourth-order valence-electron chi connectivity index (χ4n) is 2.66. The van der Waals surface area contributed by atoms with Crippen molar-refractivity contribution in [2.24, 2.45) is 0 Å². The highest BCUT2D eigenvalue weighted by Crippen LogP contribution is 2.26. The van der Waals surface area contributed by atoms with E-state index in [1.54, 1.807) is 0 Å². The van der Waals surface area contributed by atoms with Crippen LogP contribution in [0.1, 0.15) is 36.0 Å². The Bertz CT molecular complexity index is 478. The Labute approximate surface area is 115 Å². The molecule has 1 aromatic rings. The van der Waals surface area contributed by atoms with Crippen LogP contribution in [0.15, 0.2) is 12.1 Å². The fourth-order valence-corrected chi connectivity index (χ4v) is 2.66. The summed E-state index contributed by atoms with van der Waals surface area (Å²) in [6.07, 6.45) is 3.37. The minimum atomic E-state index is -1.21. The summed E-state index contributed by atoms with van der Waals surface area (Å²) < 4.78 is 40.2. The number of hydrogen-bond donors (Lipinski definition) is 1. The van der Waals surface area contributed by atoms with Gasteiger partial charge in [-0.05, 0) is 12.8 Å². The Hall–Kier alpha value is -1.56. The lowest BCUT2D eigenvalue weighted by atomic mass is 10.1. The zero-order valence-corrected chi connectivity index (χ0v) is 10.9. The van der Waals surface area contributed by atoms with Crippen LogP contribution in [0.4, 0.5) is 13.2 Å². The molecule has 0 unspecified atom stereocenters. The van der Waals surface area contributed by atoms with Gasteiger partial charge in [0.25, 0.3) is 5.91 Å². The molecule has 1 fully saturated rings. The fraction of sp³-hybridized carbons (Fsp3) is 0.500. The summed E-state index contributed by atoms with van der Waals surface area (Å²) in [5.74, 6) is -4.33. The number of amides is 1. The quantitative estimate of drug-likeness (QED) is 0.924. The topological polar surface area (TPSA) is 40.5 Å². The van der Waals surface area contributed by atoms with Crippen molar-refractivity contribution in [1.29, 1.82) is 0 Å². The molecule has 110 valence electrons. The first-order valence-electron chi connectivity index (χ1n) is 6.61. The van der Waals surface area contributed by atoms with Crippen LogP contribution in [-0.2, 0) is 0 Å². The molecule has 6 heteroatoms. The minimum absolute atomic E-state index is 0.0136. The average molecular weight is 287 g/mol. The second-order valence-electron chi connectivity index (χ2n) is 4.90. The first-order chi connectivity index (χ1) is 9.54. The van der Waals surface area contributed by atoms with Gasteiger partial charge in [-0.3, -0.25) is 4.79 Å². The van der Waals surface area contributed by atoms with Crippen LogP contribution in [-0.4, -0.2) is 35.1 Å². The van der Waals surface area contributed by atoms with Gasteiger partial charge in [-0.2, -0.15) is 0 Å². The third-order valence-electron chi connectivity index (χ3n) is 3.59. The highest BCUT2D eigenvalue weighted by atomic mass is 19.1. The van der Waals surface area contributed by atoms with Gasteiger partial charge in [-0.15, -0.1) is 0 Å². The highest BCUT2D eigenvalue weighted by Gasteiger charge is 2.30. The number of aliphatic hydroxyl groups is 1. The van der Waals surface area contributed by atoms with Gasteiger partial charge in [0.15, 0.2) is 0 Å². The zero-order valence-electron chi connectivity index (χ0n) is 10.9. The number of carbonyl (C=O) groups excluding carboxylic acids is 1. The molecule has 1 N–H and O–H groups in total. The number of aliphatic hydroxyl groups excluding tert-OH is 1. The second-order valence-corrected chi connectivity index (χ2v) is 4.90. The van der Waals surface area contributed by atoms with Gasteiger partial charge >= 0.3 is 0 Å². The molecule has 0 saturated heterocycles. The zero-order chi connectivity index (χ0) is 14.7. The number of nitrogens with zero attached hydrogens (tertiary/aromatic N) is 1. The Morgan fingerprint density at radius 2 is 1.75 bits per heavy atom. The molecule has 0 atom stereocenters. The van der Waals surface area contributed by atoms with Gasteiger partial charge < -0.3 is 10.0 Å². The maximum Gasteiger partial charge on any atom is 0.260 e. The van der Waals surface area contributed by atoms with Gasteiger partial charge in [-0.25, -0.2) is 13.2 Å². The summed E-state index contributed by atoms with van der Waals surface area (Å²) in [4.78, 5) is 13.6. The number of halogens is 3. The van der Waals surface area contributed by atoms with Crippen molar-refractivity contribution >= 4 is 5.91 Å². The lowest BCUT2D eigenvalue weighted by Gasteiger charge is -2.28. The average Bonchev–Trinajstić information content (AvgIpc) is 2.87. The molecule has 20 heavy (non-hydrogen) atoms. The van der Waals surface area contributed by atoms with Gasteiger partial charge in [0.1, 0.15) is 23.0 Å². The number of rotatable bonds is 4. The third-order valence-corrected chi connectivity index (χ3v) is 3.59. The summed E-state index contributed by atoms with van der Waals surface area (Å²) in [5, 5.41) is 9.03. The summed E-state index contributed by atoms with van der Waals surface area (Å²) >= 11 is 0. The van der Waals surface area contributed by atoms with E-state index in [9.17, 15) is 18.0 Å². The largest absolute Gasteiger partial charge is 0.395 e. The SMILES string of the molecule is O=C(c1c(F)cc(F)cc1F)N(CCO)C1CCCC1. The molecule has 1 amide bonds. The standard InChI is InChI=1S/C14H16F3NO2/c15-9-7-11(16)13(12(17)8-9)14(20)18(5-6-19)10-3-1-2-4-10/h7-8,10,19H,1-6H2. The molecule has 0 radical (unpaired) electrons. The Balaban J connectivity index is 2.31. The van der Waals surface area contributed by atoms with E-state index in [1.165, 1.54) is 4.90 Å². The predicted molar refractivity (Wildman–Crippen MR) is 66.7 cm³/mol. The number of hydrogen-bond acceptors (Lipinski definition) is 2. The van der Waals surface area contributed by atoms with Gasteiger partial charge in [-0.1, -0.05) is 12.8 Å². The number of carbonyl (C=O) groups is 1. The van der Waals surface area contributed by atoms with Crippen LogP contribution < -0.4 is 0 Å². The third kappa shape index (κ3) is 2.95. The molecular weight excluding hydrogens is 271 g/mol. The van der Waals surface area contributed by atoms with Crippen molar-refractivity contribution in [3.63, 3.8) is 0 Å². The summed E-state index contributed by atoms with van der Waals surface area (Å²) in [5.41, 5.74) is -0.758. The van der Waals surface area contributed by atoms with Crippen LogP contribution in [0.25, 0.3) is 0 Å². The molecule has 1 saturated carbocycles. The van der Waals surface area contributed by atoms with Crippen molar-refractivity contribution in [3.8, 4) is 0 Å². The summed E-state index contributed by atoms with van der Waals surface area (Å²) in [7, 11) is 0. The molecule has 0 heterocycles. The minimum Gasteiger partial charge on any atom is -0.395 e. The molecule has 1 aliphatic carbocycles. The lowest BCUT2D eigenvalue weighted by molar-refractivity contribution is 0.0628. The van der Waals surface area contributed by atoms with E-state index in [0.29, 0.717) is 12.1 Å². The van der Waals surface area contributed by atoms with Crippen molar-refractivity contribution < 1.29 is 23.1 Å². The van der Waals surface area contributed by atoms with E-state index >= 15 is 0 Å². The Morgan fingerprint density at radius 1 is 1.20 bits per heavy atom. The predicted octanol–water partition coefficient (Wildman–Crippen LogP) is 2.48. The Kier molecular flexibility index (Phi) is 4.65. The molecule has 0 aromatic heterocycles. The van der Waals surface area contributed by atoms with E-state index < -0.39 is 28.9 Å².